The maximum absolute atomic E-state index is 10.3. The predicted molar refractivity (Wildman–Crippen MR) is 74.1 cm³/mol. The molecule has 1 spiro atoms. The number of aliphatic hydroxyl groups is 1. The van der Waals surface area contributed by atoms with E-state index in [1.165, 1.54) is 0 Å². The fourth-order valence-corrected chi connectivity index (χ4v) is 5.20. The Morgan fingerprint density at radius 3 is 2.67 bits per heavy atom. The van der Waals surface area contributed by atoms with Crippen LogP contribution in [0.4, 0.5) is 0 Å². The average molecular weight is 319 g/mol. The first-order chi connectivity index (χ1) is 9.80. The van der Waals surface area contributed by atoms with Crippen LogP contribution in [0.5, 0.6) is 0 Å². The van der Waals surface area contributed by atoms with Gasteiger partial charge in [-0.05, 0) is 44.9 Å². The van der Waals surface area contributed by atoms with Crippen molar-refractivity contribution in [3.05, 3.63) is 0 Å². The number of aliphatic hydroxyl groups excluding tert-OH is 1. The molecular weight excluding hydrogens is 296 g/mol. The highest BCUT2D eigenvalue weighted by atomic mass is 35.5. The Balaban J connectivity index is 1.85. The molecule has 6 heteroatoms. The van der Waals surface area contributed by atoms with Crippen LogP contribution in [0, 0.1) is 17.8 Å². The van der Waals surface area contributed by atoms with Gasteiger partial charge in [0.2, 0.25) is 5.79 Å². The van der Waals surface area contributed by atoms with Crippen molar-refractivity contribution in [3.63, 3.8) is 0 Å². The van der Waals surface area contributed by atoms with Crippen LogP contribution < -0.4 is 0 Å². The Bertz CT molecular complexity index is 457. The fraction of sp³-hybridized carbons (Fsp3) is 1.00. The van der Waals surface area contributed by atoms with Gasteiger partial charge in [-0.2, -0.15) is 0 Å². The van der Waals surface area contributed by atoms with Crippen LogP contribution in [0.1, 0.15) is 46.5 Å². The van der Waals surface area contributed by atoms with Crippen molar-refractivity contribution in [3.8, 4) is 0 Å². The number of halogens is 1. The number of hydrogen-bond acceptors (Lipinski definition) is 5. The van der Waals surface area contributed by atoms with Crippen LogP contribution in [-0.4, -0.2) is 33.9 Å². The normalized spacial score (nSPS) is 63.0. The van der Waals surface area contributed by atoms with E-state index in [4.69, 9.17) is 30.8 Å². The van der Waals surface area contributed by atoms with E-state index in [2.05, 4.69) is 6.92 Å². The smallest absolute Gasteiger partial charge is 0.201 e. The Morgan fingerprint density at radius 1 is 1.14 bits per heavy atom. The minimum absolute atomic E-state index is 0.0655. The third kappa shape index (κ3) is 1.76. The second kappa shape index (κ2) is 4.34. The highest BCUT2D eigenvalue weighted by Crippen LogP contribution is 2.62. The summed E-state index contributed by atoms with van der Waals surface area (Å²) in [5.41, 5.74) is -0.719. The number of fused-ring (bicyclic) bond motifs is 2. The maximum atomic E-state index is 10.3. The molecule has 2 bridgehead atoms. The molecule has 1 N–H and O–H groups in total. The van der Waals surface area contributed by atoms with Crippen LogP contribution in [0.25, 0.3) is 0 Å². The number of ether oxygens (including phenoxy) is 2. The molecule has 4 aliphatic heterocycles. The molecule has 4 saturated heterocycles. The Kier molecular flexibility index (Phi) is 3.03. The second-order valence-corrected chi connectivity index (χ2v) is 8.31. The molecule has 5 fully saturated rings. The minimum atomic E-state index is -1.07. The summed E-state index contributed by atoms with van der Waals surface area (Å²) in [6, 6.07) is 0. The molecule has 0 aromatic rings. The molecule has 4 heterocycles. The SMILES string of the molecule is C[C@@H]1CCC2C34OO[C@@](C)(CCC13)OC4OC(O)[C@]2(C)Cl. The van der Waals surface area contributed by atoms with E-state index in [0.29, 0.717) is 5.92 Å². The van der Waals surface area contributed by atoms with E-state index in [0.717, 1.165) is 25.7 Å². The molecule has 0 aromatic carbocycles. The Morgan fingerprint density at radius 2 is 1.90 bits per heavy atom. The third-order valence-electron chi connectivity index (χ3n) is 6.13. The van der Waals surface area contributed by atoms with Gasteiger partial charge in [-0.3, -0.25) is 0 Å². The van der Waals surface area contributed by atoms with Gasteiger partial charge in [0.15, 0.2) is 18.2 Å². The van der Waals surface area contributed by atoms with Crippen LogP contribution >= 0.6 is 11.6 Å². The lowest BCUT2D eigenvalue weighted by Crippen LogP contribution is -2.74. The summed E-state index contributed by atoms with van der Waals surface area (Å²) in [4.78, 5) is 10.7. The standard InChI is InChI=1S/C15H23ClO5/c1-8-4-5-10-14(3,16)11(17)18-12-15(10)9(8)6-7-13(2,19-12)20-21-15/h8-12,17H,4-7H2,1-3H3/t8-,9?,10?,11?,12?,13+,14-,15?/m1/s1. The van der Waals surface area contributed by atoms with Crippen molar-refractivity contribution >= 4 is 11.6 Å². The van der Waals surface area contributed by atoms with Crippen LogP contribution in [0.15, 0.2) is 0 Å². The van der Waals surface area contributed by atoms with Crippen molar-refractivity contribution in [1.29, 1.82) is 0 Å². The quantitative estimate of drug-likeness (QED) is 0.549. The molecule has 0 radical (unpaired) electrons. The molecule has 120 valence electrons. The zero-order valence-electron chi connectivity index (χ0n) is 12.7. The highest BCUT2D eigenvalue weighted by molar-refractivity contribution is 6.24. The topological polar surface area (TPSA) is 57.2 Å². The third-order valence-corrected chi connectivity index (χ3v) is 6.59. The first kappa shape index (κ1) is 14.7. The van der Waals surface area contributed by atoms with Crippen molar-refractivity contribution in [1.82, 2.24) is 0 Å². The van der Waals surface area contributed by atoms with Crippen LogP contribution in [-0.2, 0) is 19.2 Å². The lowest BCUT2D eigenvalue weighted by molar-refractivity contribution is -0.575. The molecule has 0 aromatic heterocycles. The van der Waals surface area contributed by atoms with Gasteiger partial charge in [0, 0.05) is 12.3 Å². The highest BCUT2D eigenvalue weighted by Gasteiger charge is 2.72. The van der Waals surface area contributed by atoms with E-state index >= 15 is 0 Å². The molecular formula is C15H23ClO5. The fourth-order valence-electron chi connectivity index (χ4n) is 4.86. The zero-order valence-corrected chi connectivity index (χ0v) is 13.4. The second-order valence-electron chi connectivity index (χ2n) is 7.50. The lowest BCUT2D eigenvalue weighted by atomic mass is 9.58. The maximum Gasteiger partial charge on any atom is 0.201 e. The monoisotopic (exact) mass is 318 g/mol. The van der Waals surface area contributed by atoms with E-state index in [1.807, 2.05) is 13.8 Å². The van der Waals surface area contributed by atoms with Gasteiger partial charge >= 0.3 is 0 Å². The Labute approximate surface area is 129 Å². The summed E-state index contributed by atoms with van der Waals surface area (Å²) in [7, 11) is 0. The average Bonchev–Trinajstić information content (AvgIpc) is 2.63. The molecule has 0 amide bonds. The van der Waals surface area contributed by atoms with Gasteiger partial charge in [0.1, 0.15) is 0 Å². The van der Waals surface area contributed by atoms with Crippen molar-refractivity contribution in [2.75, 3.05) is 0 Å². The molecule has 5 rings (SSSR count). The van der Waals surface area contributed by atoms with Crippen molar-refractivity contribution in [2.24, 2.45) is 17.8 Å². The van der Waals surface area contributed by atoms with E-state index < -0.39 is 28.8 Å². The summed E-state index contributed by atoms with van der Waals surface area (Å²) in [5.74, 6) is -0.125. The summed E-state index contributed by atoms with van der Waals surface area (Å²) in [5, 5.41) is 10.3. The minimum Gasteiger partial charge on any atom is -0.366 e. The summed E-state index contributed by atoms with van der Waals surface area (Å²) < 4.78 is 11.8. The molecule has 5 aliphatic rings. The van der Waals surface area contributed by atoms with Gasteiger partial charge in [0.25, 0.3) is 0 Å². The van der Waals surface area contributed by atoms with E-state index in [1.54, 1.807) is 0 Å². The number of alkyl halides is 1. The number of rotatable bonds is 0. The predicted octanol–water partition coefficient (Wildman–Crippen LogP) is 2.55. The lowest BCUT2D eigenvalue weighted by Gasteiger charge is -2.61. The van der Waals surface area contributed by atoms with Gasteiger partial charge in [-0.25, -0.2) is 9.78 Å². The van der Waals surface area contributed by atoms with Gasteiger partial charge in [-0.15, -0.1) is 11.6 Å². The first-order valence-electron chi connectivity index (χ1n) is 7.87. The summed E-state index contributed by atoms with van der Waals surface area (Å²) in [6.07, 6.45) is 1.96. The van der Waals surface area contributed by atoms with Crippen molar-refractivity contribution in [2.45, 2.75) is 75.3 Å². The largest absolute Gasteiger partial charge is 0.366 e. The first-order valence-corrected chi connectivity index (χ1v) is 8.24. The van der Waals surface area contributed by atoms with Gasteiger partial charge in [0.05, 0.1) is 4.87 Å². The zero-order chi connectivity index (χ0) is 15.0. The summed E-state index contributed by atoms with van der Waals surface area (Å²) in [6.45, 7) is 5.93. The molecule has 1 aliphatic carbocycles. The van der Waals surface area contributed by atoms with Crippen LogP contribution in [0.3, 0.4) is 0 Å². The number of hydrogen-bond donors (Lipinski definition) is 1. The van der Waals surface area contributed by atoms with Crippen molar-refractivity contribution < 1.29 is 24.4 Å². The van der Waals surface area contributed by atoms with Gasteiger partial charge < -0.3 is 14.6 Å². The molecule has 21 heavy (non-hydrogen) atoms. The molecule has 5 nitrogen and oxygen atoms in total. The van der Waals surface area contributed by atoms with E-state index in [-0.39, 0.29) is 11.8 Å². The molecule has 1 saturated carbocycles. The van der Waals surface area contributed by atoms with Crippen LogP contribution in [0.2, 0.25) is 0 Å². The van der Waals surface area contributed by atoms with Gasteiger partial charge in [-0.1, -0.05) is 6.92 Å². The Hall–Kier alpha value is 0.0900. The van der Waals surface area contributed by atoms with E-state index in [9.17, 15) is 5.11 Å². The summed E-state index contributed by atoms with van der Waals surface area (Å²) >= 11 is 6.66. The molecule has 8 atom stereocenters. The molecule has 5 unspecified atom stereocenters.